The summed E-state index contributed by atoms with van der Waals surface area (Å²) in [4.78, 5) is 0. The Morgan fingerprint density at radius 1 is 1.42 bits per heavy atom. The quantitative estimate of drug-likeness (QED) is 0.862. The highest BCUT2D eigenvalue weighted by Crippen LogP contribution is 2.29. The highest BCUT2D eigenvalue weighted by Gasteiger charge is 2.29. The average molecular weight is 332 g/mol. The third kappa shape index (κ3) is 4.53. The predicted octanol–water partition coefficient (Wildman–Crippen LogP) is 4.39. The molecule has 1 N–H and O–H groups in total. The fraction of sp³-hybridized carbons (Fsp3) is 0.600. The Hall–Kier alpha value is -0.480. The molecule has 2 unspecified atom stereocenters. The van der Waals surface area contributed by atoms with Gasteiger partial charge in [0.05, 0.1) is 0 Å². The van der Waals surface area contributed by atoms with E-state index < -0.39 is 5.67 Å². The molecule has 0 spiro atoms. The predicted molar refractivity (Wildman–Crippen MR) is 77.6 cm³/mol. The Labute approximate surface area is 121 Å². The number of piperidine rings is 1. The summed E-state index contributed by atoms with van der Waals surface area (Å²) in [5.74, 6) is -0.315. The molecule has 0 aromatic heterocycles. The van der Waals surface area contributed by atoms with Crippen LogP contribution in [-0.2, 0) is 6.42 Å². The molecule has 2 rings (SSSR count). The van der Waals surface area contributed by atoms with Crippen LogP contribution in [0.2, 0.25) is 0 Å². The number of alkyl halides is 1. The van der Waals surface area contributed by atoms with Gasteiger partial charge < -0.3 is 5.32 Å². The first-order valence-corrected chi connectivity index (χ1v) is 7.62. The summed E-state index contributed by atoms with van der Waals surface area (Å²) < 4.78 is 28.7. The van der Waals surface area contributed by atoms with E-state index in [1.54, 1.807) is 13.0 Å². The molecule has 0 amide bonds. The van der Waals surface area contributed by atoms with Crippen LogP contribution in [0.15, 0.2) is 22.7 Å². The van der Waals surface area contributed by atoms with Crippen molar-refractivity contribution in [2.75, 3.05) is 6.54 Å². The lowest BCUT2D eigenvalue weighted by atomic mass is 9.88. The van der Waals surface area contributed by atoms with Crippen molar-refractivity contribution >= 4 is 15.9 Å². The van der Waals surface area contributed by atoms with E-state index in [4.69, 9.17) is 0 Å². The molecule has 1 nitrogen and oxygen atoms in total. The largest absolute Gasteiger partial charge is 0.314 e. The first-order chi connectivity index (χ1) is 8.96. The molecule has 1 aliphatic rings. The number of benzene rings is 1. The van der Waals surface area contributed by atoms with Gasteiger partial charge in [-0.1, -0.05) is 22.4 Å². The van der Waals surface area contributed by atoms with E-state index in [-0.39, 0.29) is 18.3 Å². The summed E-state index contributed by atoms with van der Waals surface area (Å²) >= 11 is 3.36. The normalized spacial score (nSPS) is 23.1. The molecule has 1 fully saturated rings. The van der Waals surface area contributed by atoms with E-state index in [0.717, 1.165) is 23.9 Å². The summed E-state index contributed by atoms with van der Waals surface area (Å²) in [5.41, 5.74) is -0.619. The van der Waals surface area contributed by atoms with Crippen LogP contribution in [0.5, 0.6) is 0 Å². The lowest BCUT2D eigenvalue weighted by Crippen LogP contribution is -2.40. The summed E-state index contributed by atoms with van der Waals surface area (Å²) in [6.07, 6.45) is 4.09. The van der Waals surface area contributed by atoms with E-state index in [1.165, 1.54) is 18.6 Å². The Kier molecular flexibility index (Phi) is 4.96. The molecule has 0 radical (unpaired) electrons. The minimum absolute atomic E-state index is 0.240. The van der Waals surface area contributed by atoms with Crippen LogP contribution in [0, 0.1) is 5.82 Å². The second-order valence-electron chi connectivity index (χ2n) is 5.68. The van der Waals surface area contributed by atoms with Crippen LogP contribution >= 0.6 is 15.9 Å². The molecule has 1 aromatic rings. The molecule has 1 heterocycles. The van der Waals surface area contributed by atoms with Gasteiger partial charge in [-0.15, -0.1) is 0 Å². The first-order valence-electron chi connectivity index (χ1n) is 6.82. The maximum Gasteiger partial charge on any atom is 0.123 e. The van der Waals surface area contributed by atoms with Crippen molar-refractivity contribution in [1.82, 2.24) is 5.32 Å². The second-order valence-corrected chi connectivity index (χ2v) is 6.53. The minimum Gasteiger partial charge on any atom is -0.314 e. The molecule has 4 heteroatoms. The fourth-order valence-electron chi connectivity index (χ4n) is 2.76. The Morgan fingerprint density at radius 3 is 2.89 bits per heavy atom. The van der Waals surface area contributed by atoms with Crippen molar-refractivity contribution < 1.29 is 8.78 Å². The molecule has 0 saturated carbocycles. The summed E-state index contributed by atoms with van der Waals surface area (Å²) in [6, 6.07) is 4.68. The van der Waals surface area contributed by atoms with E-state index in [1.807, 2.05) is 0 Å². The van der Waals surface area contributed by atoms with Gasteiger partial charge in [-0.2, -0.15) is 0 Å². The number of nitrogens with one attached hydrogen (secondary N) is 1. The second kappa shape index (κ2) is 6.31. The highest BCUT2D eigenvalue weighted by molar-refractivity contribution is 9.10. The molecule has 106 valence electrons. The topological polar surface area (TPSA) is 12.0 Å². The van der Waals surface area contributed by atoms with Gasteiger partial charge in [0, 0.05) is 16.9 Å². The number of hydrogen-bond donors (Lipinski definition) is 1. The number of rotatable bonds is 4. The third-order valence-corrected chi connectivity index (χ3v) is 4.42. The lowest BCUT2D eigenvalue weighted by molar-refractivity contribution is 0.145. The SMILES string of the molecule is CC(F)(Cc1cc(F)ccc1Br)CC1CCCCN1. The van der Waals surface area contributed by atoms with Crippen molar-refractivity contribution in [2.45, 2.75) is 50.7 Å². The minimum atomic E-state index is -1.31. The molecule has 1 saturated heterocycles. The summed E-state index contributed by atoms with van der Waals surface area (Å²) in [5, 5.41) is 3.36. The zero-order valence-electron chi connectivity index (χ0n) is 11.2. The van der Waals surface area contributed by atoms with Gasteiger partial charge in [0.1, 0.15) is 11.5 Å². The van der Waals surface area contributed by atoms with E-state index >= 15 is 0 Å². The Balaban J connectivity index is 2.00. The molecular weight excluding hydrogens is 312 g/mol. The fourth-order valence-corrected chi connectivity index (χ4v) is 3.15. The van der Waals surface area contributed by atoms with Gasteiger partial charge in [-0.25, -0.2) is 8.78 Å². The standard InChI is InChI=1S/C15H20BrF2N/c1-15(18,10-13-4-2-3-7-19-13)9-11-8-12(17)5-6-14(11)16/h5-6,8,13,19H,2-4,7,9-10H2,1H3. The Bertz CT molecular complexity index is 428. The zero-order chi connectivity index (χ0) is 13.9. The lowest BCUT2D eigenvalue weighted by Gasteiger charge is -2.30. The van der Waals surface area contributed by atoms with Crippen LogP contribution in [-0.4, -0.2) is 18.3 Å². The van der Waals surface area contributed by atoms with E-state index in [2.05, 4.69) is 21.2 Å². The molecule has 2 atom stereocenters. The number of hydrogen-bond acceptors (Lipinski definition) is 1. The molecule has 0 bridgehead atoms. The van der Waals surface area contributed by atoms with Crippen LogP contribution in [0.25, 0.3) is 0 Å². The smallest absolute Gasteiger partial charge is 0.123 e. The summed E-state index contributed by atoms with van der Waals surface area (Å²) in [6.45, 7) is 2.59. The van der Waals surface area contributed by atoms with Crippen LogP contribution in [0.4, 0.5) is 8.78 Å². The maximum atomic E-state index is 14.7. The molecule has 1 aliphatic heterocycles. The monoisotopic (exact) mass is 331 g/mol. The van der Waals surface area contributed by atoms with E-state index in [9.17, 15) is 8.78 Å². The zero-order valence-corrected chi connectivity index (χ0v) is 12.8. The van der Waals surface area contributed by atoms with Crippen LogP contribution in [0.3, 0.4) is 0 Å². The van der Waals surface area contributed by atoms with Crippen molar-refractivity contribution in [1.29, 1.82) is 0 Å². The first kappa shape index (κ1) is 14.9. The van der Waals surface area contributed by atoms with Gasteiger partial charge in [0.15, 0.2) is 0 Å². The highest BCUT2D eigenvalue weighted by atomic mass is 79.9. The molecule has 1 aromatic carbocycles. The van der Waals surface area contributed by atoms with Gasteiger partial charge >= 0.3 is 0 Å². The molecular formula is C15H20BrF2N. The number of halogens is 3. The van der Waals surface area contributed by atoms with Crippen LogP contribution < -0.4 is 5.32 Å². The van der Waals surface area contributed by atoms with Crippen molar-refractivity contribution in [3.8, 4) is 0 Å². The van der Waals surface area contributed by atoms with Gasteiger partial charge in [-0.05, 0) is 56.5 Å². The third-order valence-electron chi connectivity index (χ3n) is 3.65. The van der Waals surface area contributed by atoms with Crippen molar-refractivity contribution in [3.63, 3.8) is 0 Å². The van der Waals surface area contributed by atoms with Crippen LogP contribution in [0.1, 0.15) is 38.2 Å². The van der Waals surface area contributed by atoms with Crippen molar-refractivity contribution in [3.05, 3.63) is 34.1 Å². The van der Waals surface area contributed by atoms with Gasteiger partial charge in [0.25, 0.3) is 0 Å². The van der Waals surface area contributed by atoms with Gasteiger partial charge in [-0.3, -0.25) is 0 Å². The maximum absolute atomic E-state index is 14.7. The summed E-state index contributed by atoms with van der Waals surface area (Å²) in [7, 11) is 0. The molecule has 19 heavy (non-hydrogen) atoms. The van der Waals surface area contributed by atoms with E-state index in [0.29, 0.717) is 12.0 Å². The Morgan fingerprint density at radius 2 is 2.21 bits per heavy atom. The molecule has 0 aliphatic carbocycles. The van der Waals surface area contributed by atoms with Gasteiger partial charge in [0.2, 0.25) is 0 Å². The average Bonchev–Trinajstić information content (AvgIpc) is 2.34. The van der Waals surface area contributed by atoms with Crippen molar-refractivity contribution in [2.24, 2.45) is 0 Å².